The highest BCUT2D eigenvalue weighted by Gasteiger charge is 1.81. The lowest BCUT2D eigenvalue weighted by Gasteiger charge is -1.89. The molecule has 1 heterocycles. The summed E-state index contributed by atoms with van der Waals surface area (Å²) in [5.74, 6) is 0. The molecule has 78 valence electrons. The second-order valence-electron chi connectivity index (χ2n) is 3.63. The fraction of sp³-hybridized carbons (Fsp3) is 0.214. The van der Waals surface area contributed by atoms with E-state index in [1.807, 2.05) is 44.3 Å². The Morgan fingerprint density at radius 2 is 1.40 bits per heavy atom. The van der Waals surface area contributed by atoms with E-state index in [0.29, 0.717) is 0 Å². The van der Waals surface area contributed by atoms with E-state index in [1.165, 1.54) is 11.1 Å². The second kappa shape index (κ2) is 5.97. The van der Waals surface area contributed by atoms with Crippen LogP contribution in [0.2, 0.25) is 0 Å². The molecule has 0 aliphatic rings. The van der Waals surface area contributed by atoms with E-state index < -0.39 is 0 Å². The standard InChI is InChI=1S/C7H9N.C7H8/c1-6-3-4-7(2)8-5-6;1-7-5-3-2-4-6-7/h3-5H,1-2H3;2-6H,1H3. The molecule has 0 aliphatic carbocycles. The number of hydrogen-bond donors (Lipinski definition) is 0. The molecule has 0 unspecified atom stereocenters. The van der Waals surface area contributed by atoms with Crippen LogP contribution in [-0.4, -0.2) is 4.98 Å². The van der Waals surface area contributed by atoms with Crippen molar-refractivity contribution >= 4 is 0 Å². The van der Waals surface area contributed by atoms with Gasteiger partial charge in [0.05, 0.1) is 0 Å². The van der Waals surface area contributed by atoms with Crippen LogP contribution in [0.4, 0.5) is 0 Å². The highest BCUT2D eigenvalue weighted by Crippen LogP contribution is 1.94. The van der Waals surface area contributed by atoms with Gasteiger partial charge in [0.2, 0.25) is 0 Å². The van der Waals surface area contributed by atoms with E-state index in [9.17, 15) is 0 Å². The van der Waals surface area contributed by atoms with E-state index in [4.69, 9.17) is 0 Å². The number of aryl methyl sites for hydroxylation is 3. The van der Waals surface area contributed by atoms with Gasteiger partial charge in [0.25, 0.3) is 0 Å². The first-order valence-corrected chi connectivity index (χ1v) is 5.09. The average Bonchev–Trinajstić information content (AvgIpc) is 2.25. The Balaban J connectivity index is 0.000000151. The summed E-state index contributed by atoms with van der Waals surface area (Å²) in [6, 6.07) is 14.3. The smallest absolute Gasteiger partial charge is 0.0372 e. The predicted molar refractivity (Wildman–Crippen MR) is 64.9 cm³/mol. The Morgan fingerprint density at radius 3 is 1.73 bits per heavy atom. The molecule has 0 saturated heterocycles. The fourth-order valence-electron chi connectivity index (χ4n) is 1.08. The minimum atomic E-state index is 1.08. The van der Waals surface area contributed by atoms with Crippen LogP contribution in [0.25, 0.3) is 0 Å². The van der Waals surface area contributed by atoms with Gasteiger partial charge in [-0.3, -0.25) is 4.98 Å². The molecule has 0 saturated carbocycles. The van der Waals surface area contributed by atoms with Crippen molar-refractivity contribution in [3.05, 3.63) is 65.5 Å². The molecule has 0 aliphatic heterocycles. The van der Waals surface area contributed by atoms with Gasteiger partial charge in [-0.1, -0.05) is 42.0 Å². The highest BCUT2D eigenvalue weighted by molar-refractivity contribution is 5.11. The molecular formula is C14H17N. The first-order valence-electron chi connectivity index (χ1n) is 5.09. The zero-order valence-corrected chi connectivity index (χ0v) is 9.57. The zero-order valence-electron chi connectivity index (χ0n) is 9.57. The molecule has 0 spiro atoms. The summed E-state index contributed by atoms with van der Waals surface area (Å²) in [7, 11) is 0. The molecule has 0 fully saturated rings. The van der Waals surface area contributed by atoms with Crippen molar-refractivity contribution < 1.29 is 0 Å². The fourth-order valence-corrected chi connectivity index (χ4v) is 1.08. The Bertz CT molecular complexity index is 355. The molecule has 0 amide bonds. The lowest BCUT2D eigenvalue weighted by molar-refractivity contribution is 1.17. The van der Waals surface area contributed by atoms with Crippen molar-refractivity contribution in [2.45, 2.75) is 20.8 Å². The molecule has 0 atom stereocenters. The van der Waals surface area contributed by atoms with E-state index in [1.54, 1.807) is 0 Å². The first-order chi connectivity index (χ1) is 7.18. The molecule has 1 nitrogen and oxygen atoms in total. The van der Waals surface area contributed by atoms with Gasteiger partial charge in [0, 0.05) is 11.9 Å². The minimum Gasteiger partial charge on any atom is -0.261 e. The van der Waals surface area contributed by atoms with Crippen molar-refractivity contribution in [1.82, 2.24) is 4.98 Å². The predicted octanol–water partition coefficient (Wildman–Crippen LogP) is 3.69. The van der Waals surface area contributed by atoms with Crippen LogP contribution >= 0.6 is 0 Å². The maximum atomic E-state index is 4.08. The third-order valence-electron chi connectivity index (χ3n) is 2.00. The molecular weight excluding hydrogens is 182 g/mol. The summed E-state index contributed by atoms with van der Waals surface area (Å²) in [5, 5.41) is 0. The molecule has 1 aromatic heterocycles. The molecule has 2 rings (SSSR count). The van der Waals surface area contributed by atoms with Gasteiger partial charge in [-0.2, -0.15) is 0 Å². The van der Waals surface area contributed by atoms with E-state index in [0.717, 1.165) is 5.69 Å². The maximum Gasteiger partial charge on any atom is 0.0372 e. The number of nitrogens with zero attached hydrogens (tertiary/aromatic N) is 1. The van der Waals surface area contributed by atoms with Crippen LogP contribution in [0.3, 0.4) is 0 Å². The van der Waals surface area contributed by atoms with E-state index >= 15 is 0 Å². The van der Waals surface area contributed by atoms with E-state index in [2.05, 4.69) is 30.1 Å². The van der Waals surface area contributed by atoms with Gasteiger partial charge in [-0.05, 0) is 32.4 Å². The topological polar surface area (TPSA) is 12.9 Å². The van der Waals surface area contributed by atoms with Crippen molar-refractivity contribution in [2.75, 3.05) is 0 Å². The Morgan fingerprint density at radius 1 is 0.733 bits per heavy atom. The van der Waals surface area contributed by atoms with Crippen LogP contribution < -0.4 is 0 Å². The van der Waals surface area contributed by atoms with Gasteiger partial charge >= 0.3 is 0 Å². The first kappa shape index (κ1) is 11.4. The maximum absolute atomic E-state index is 4.08. The van der Waals surface area contributed by atoms with Gasteiger partial charge < -0.3 is 0 Å². The lowest BCUT2D eigenvalue weighted by atomic mass is 10.2. The van der Waals surface area contributed by atoms with Crippen LogP contribution in [0.15, 0.2) is 48.7 Å². The average molecular weight is 199 g/mol. The van der Waals surface area contributed by atoms with Crippen LogP contribution in [-0.2, 0) is 0 Å². The summed E-state index contributed by atoms with van der Waals surface area (Å²) in [5.41, 5.74) is 3.62. The van der Waals surface area contributed by atoms with Gasteiger partial charge in [-0.25, -0.2) is 0 Å². The Labute approximate surface area is 91.8 Å². The van der Waals surface area contributed by atoms with Crippen LogP contribution in [0.1, 0.15) is 16.8 Å². The number of rotatable bonds is 0. The van der Waals surface area contributed by atoms with Crippen molar-refractivity contribution in [3.8, 4) is 0 Å². The summed E-state index contributed by atoms with van der Waals surface area (Å²) in [6.45, 7) is 6.10. The van der Waals surface area contributed by atoms with Crippen molar-refractivity contribution in [1.29, 1.82) is 0 Å². The highest BCUT2D eigenvalue weighted by atomic mass is 14.6. The van der Waals surface area contributed by atoms with E-state index in [-0.39, 0.29) is 0 Å². The molecule has 0 bridgehead atoms. The van der Waals surface area contributed by atoms with Gasteiger partial charge in [0.15, 0.2) is 0 Å². The SMILES string of the molecule is Cc1ccc(C)nc1.Cc1ccccc1. The molecule has 0 N–H and O–H groups in total. The number of hydrogen-bond acceptors (Lipinski definition) is 1. The minimum absolute atomic E-state index is 1.08. The molecule has 1 aromatic carbocycles. The van der Waals surface area contributed by atoms with Crippen molar-refractivity contribution in [2.24, 2.45) is 0 Å². The third-order valence-corrected chi connectivity index (χ3v) is 2.00. The summed E-state index contributed by atoms with van der Waals surface area (Å²) < 4.78 is 0. The monoisotopic (exact) mass is 199 g/mol. The zero-order chi connectivity index (χ0) is 11.1. The Kier molecular flexibility index (Phi) is 4.55. The largest absolute Gasteiger partial charge is 0.261 e. The van der Waals surface area contributed by atoms with Gasteiger partial charge in [-0.15, -0.1) is 0 Å². The lowest BCUT2D eigenvalue weighted by Crippen LogP contribution is -1.78. The van der Waals surface area contributed by atoms with Gasteiger partial charge in [0.1, 0.15) is 0 Å². The van der Waals surface area contributed by atoms with Crippen LogP contribution in [0.5, 0.6) is 0 Å². The second-order valence-corrected chi connectivity index (χ2v) is 3.63. The number of pyridine rings is 1. The van der Waals surface area contributed by atoms with Crippen molar-refractivity contribution in [3.63, 3.8) is 0 Å². The summed E-state index contributed by atoms with van der Waals surface area (Å²) in [4.78, 5) is 4.08. The number of aromatic nitrogens is 1. The normalized spacial score (nSPS) is 9.00. The molecule has 0 radical (unpaired) electrons. The summed E-state index contributed by atoms with van der Waals surface area (Å²) in [6.07, 6.45) is 1.87. The van der Waals surface area contributed by atoms with Crippen LogP contribution in [0, 0.1) is 20.8 Å². The Hall–Kier alpha value is -1.63. The molecule has 1 heteroatoms. The summed E-state index contributed by atoms with van der Waals surface area (Å²) >= 11 is 0. The quantitative estimate of drug-likeness (QED) is 0.630. The molecule has 2 aromatic rings. The number of benzene rings is 1. The molecule has 15 heavy (non-hydrogen) atoms. The third kappa shape index (κ3) is 4.96.